The van der Waals surface area contributed by atoms with E-state index in [1.165, 1.54) is 40.3 Å². The van der Waals surface area contributed by atoms with Gasteiger partial charge in [-0.25, -0.2) is 0 Å². The zero-order valence-corrected chi connectivity index (χ0v) is 20.0. The van der Waals surface area contributed by atoms with Crippen molar-refractivity contribution in [2.75, 3.05) is 4.90 Å². The number of allylic oxidation sites excluding steroid dienone is 1. The lowest BCUT2D eigenvalue weighted by Gasteiger charge is -2.39. The summed E-state index contributed by atoms with van der Waals surface area (Å²) >= 11 is 1.99. The first-order chi connectivity index (χ1) is 14.1. The Hall–Kier alpha value is -2.32. The Balaban J connectivity index is 1.93. The molecule has 0 N–H and O–H groups in total. The minimum atomic E-state index is 0.218. The van der Waals surface area contributed by atoms with E-state index in [0.717, 1.165) is 5.57 Å². The standard InChI is InChI=1S/C28H33NS/c1-19(2)21-13-15-23(16-14-21)29(22-11-9-8-10-12-22)26-20(3)24-25(30-26)28(6,7)18-17-27(24,4)5/h8-16H,1,17-18H2,2-7H3. The Kier molecular flexibility index (Phi) is 5.18. The molecular formula is C28H33NS. The van der Waals surface area contributed by atoms with Gasteiger partial charge in [-0.05, 0) is 78.5 Å². The number of anilines is 3. The van der Waals surface area contributed by atoms with Gasteiger partial charge in [-0.15, -0.1) is 11.3 Å². The molecule has 0 aliphatic heterocycles. The summed E-state index contributed by atoms with van der Waals surface area (Å²) in [5.41, 5.74) is 8.14. The molecule has 2 heteroatoms. The number of hydrogen-bond donors (Lipinski definition) is 0. The Morgan fingerprint density at radius 2 is 1.43 bits per heavy atom. The zero-order valence-electron chi connectivity index (χ0n) is 19.2. The third-order valence-electron chi connectivity index (χ3n) is 6.62. The maximum atomic E-state index is 4.09. The number of thiophene rings is 1. The summed E-state index contributed by atoms with van der Waals surface area (Å²) in [5, 5.41) is 1.34. The van der Waals surface area contributed by atoms with Crippen LogP contribution in [0.25, 0.3) is 5.57 Å². The molecule has 3 aromatic rings. The van der Waals surface area contributed by atoms with E-state index >= 15 is 0 Å². The van der Waals surface area contributed by atoms with Crippen LogP contribution in [0.5, 0.6) is 0 Å². The van der Waals surface area contributed by atoms with Crippen molar-refractivity contribution >= 4 is 33.3 Å². The fourth-order valence-corrected chi connectivity index (χ4v) is 6.39. The summed E-state index contributed by atoms with van der Waals surface area (Å²) < 4.78 is 0. The summed E-state index contributed by atoms with van der Waals surface area (Å²) in [6, 6.07) is 19.6. The number of para-hydroxylation sites is 1. The molecule has 1 aliphatic carbocycles. The number of hydrogen-bond acceptors (Lipinski definition) is 2. The van der Waals surface area contributed by atoms with E-state index < -0.39 is 0 Å². The molecular weight excluding hydrogens is 382 g/mol. The van der Waals surface area contributed by atoms with Gasteiger partial charge in [0, 0.05) is 16.3 Å². The van der Waals surface area contributed by atoms with E-state index in [4.69, 9.17) is 0 Å². The van der Waals surface area contributed by atoms with Gasteiger partial charge in [0.1, 0.15) is 5.00 Å². The number of nitrogens with zero attached hydrogens (tertiary/aromatic N) is 1. The Morgan fingerprint density at radius 1 is 0.867 bits per heavy atom. The first-order valence-corrected chi connectivity index (χ1v) is 11.7. The van der Waals surface area contributed by atoms with E-state index in [-0.39, 0.29) is 10.8 Å². The van der Waals surface area contributed by atoms with Gasteiger partial charge >= 0.3 is 0 Å². The molecule has 0 atom stereocenters. The average Bonchev–Trinajstić information content (AvgIpc) is 3.07. The van der Waals surface area contributed by atoms with Gasteiger partial charge in [0.25, 0.3) is 0 Å². The maximum Gasteiger partial charge on any atom is 0.103 e. The summed E-state index contributed by atoms with van der Waals surface area (Å²) in [4.78, 5) is 4.00. The minimum Gasteiger partial charge on any atom is -0.302 e. The van der Waals surface area contributed by atoms with Crippen LogP contribution >= 0.6 is 11.3 Å². The van der Waals surface area contributed by atoms with Crippen molar-refractivity contribution in [1.82, 2.24) is 0 Å². The minimum absolute atomic E-state index is 0.218. The molecule has 0 amide bonds. The van der Waals surface area contributed by atoms with Crippen LogP contribution in [-0.4, -0.2) is 0 Å². The van der Waals surface area contributed by atoms with Gasteiger partial charge in [0.2, 0.25) is 0 Å². The van der Waals surface area contributed by atoms with Gasteiger partial charge in [-0.1, -0.05) is 70.2 Å². The van der Waals surface area contributed by atoms with E-state index in [1.807, 2.05) is 11.3 Å². The van der Waals surface area contributed by atoms with E-state index in [1.54, 1.807) is 10.4 Å². The van der Waals surface area contributed by atoms with Gasteiger partial charge in [-0.3, -0.25) is 0 Å². The predicted octanol–water partition coefficient (Wildman–Crippen LogP) is 8.91. The second kappa shape index (κ2) is 7.42. The van der Waals surface area contributed by atoms with Crippen molar-refractivity contribution in [3.8, 4) is 0 Å². The highest BCUT2D eigenvalue weighted by Crippen LogP contribution is 2.55. The van der Waals surface area contributed by atoms with Gasteiger partial charge in [0.15, 0.2) is 0 Å². The highest BCUT2D eigenvalue weighted by molar-refractivity contribution is 7.16. The lowest BCUT2D eigenvalue weighted by molar-refractivity contribution is 0.337. The van der Waals surface area contributed by atoms with Gasteiger partial charge in [0.05, 0.1) is 0 Å². The third-order valence-corrected chi connectivity index (χ3v) is 8.27. The predicted molar refractivity (Wildman–Crippen MR) is 134 cm³/mol. The van der Waals surface area contributed by atoms with Crippen LogP contribution in [0.15, 0.2) is 61.2 Å². The molecule has 0 spiro atoms. The van der Waals surface area contributed by atoms with Crippen LogP contribution in [0.1, 0.15) is 69.0 Å². The van der Waals surface area contributed by atoms with Crippen LogP contribution < -0.4 is 4.90 Å². The SMILES string of the molecule is C=C(C)c1ccc(N(c2ccccc2)c2sc3c(c2C)C(C)(C)CCC3(C)C)cc1. The Labute approximate surface area is 186 Å². The number of fused-ring (bicyclic) bond motifs is 1. The summed E-state index contributed by atoms with van der Waals surface area (Å²) in [6.07, 6.45) is 2.48. The van der Waals surface area contributed by atoms with Crippen LogP contribution in [0.3, 0.4) is 0 Å². The van der Waals surface area contributed by atoms with Crippen molar-refractivity contribution < 1.29 is 0 Å². The molecule has 0 saturated carbocycles. The van der Waals surface area contributed by atoms with Crippen molar-refractivity contribution in [2.45, 2.75) is 65.2 Å². The molecule has 0 fully saturated rings. The number of rotatable bonds is 4. The average molecular weight is 416 g/mol. The van der Waals surface area contributed by atoms with Crippen molar-refractivity contribution in [3.63, 3.8) is 0 Å². The molecule has 4 rings (SSSR count). The molecule has 0 radical (unpaired) electrons. The summed E-state index contributed by atoms with van der Waals surface area (Å²) in [5.74, 6) is 0. The molecule has 0 unspecified atom stereocenters. The highest BCUT2D eigenvalue weighted by Gasteiger charge is 2.41. The molecule has 156 valence electrons. The lowest BCUT2D eigenvalue weighted by Crippen LogP contribution is -2.32. The van der Waals surface area contributed by atoms with Crippen LogP contribution in [0.2, 0.25) is 0 Å². The highest BCUT2D eigenvalue weighted by atomic mass is 32.1. The first-order valence-electron chi connectivity index (χ1n) is 10.9. The molecule has 30 heavy (non-hydrogen) atoms. The van der Waals surface area contributed by atoms with E-state index in [9.17, 15) is 0 Å². The van der Waals surface area contributed by atoms with Gasteiger partial charge < -0.3 is 4.90 Å². The summed E-state index contributed by atoms with van der Waals surface area (Å²) in [6.45, 7) is 18.1. The van der Waals surface area contributed by atoms with Crippen molar-refractivity contribution in [3.05, 3.63) is 82.7 Å². The second-order valence-corrected chi connectivity index (χ2v) is 11.0. The van der Waals surface area contributed by atoms with Crippen molar-refractivity contribution in [2.24, 2.45) is 0 Å². The van der Waals surface area contributed by atoms with E-state index in [2.05, 4.69) is 108 Å². The topological polar surface area (TPSA) is 3.24 Å². The van der Waals surface area contributed by atoms with Crippen LogP contribution in [-0.2, 0) is 10.8 Å². The first kappa shape index (κ1) is 20.9. The molecule has 1 heterocycles. The van der Waals surface area contributed by atoms with Crippen LogP contribution in [0, 0.1) is 6.92 Å². The third kappa shape index (κ3) is 3.52. The maximum absolute atomic E-state index is 4.09. The second-order valence-electron chi connectivity index (χ2n) is 10.0. The molecule has 1 aliphatic rings. The Morgan fingerprint density at radius 3 is 2.00 bits per heavy atom. The largest absolute Gasteiger partial charge is 0.302 e. The van der Waals surface area contributed by atoms with Gasteiger partial charge in [-0.2, -0.15) is 0 Å². The van der Waals surface area contributed by atoms with E-state index in [0.29, 0.717) is 0 Å². The lowest BCUT2D eigenvalue weighted by atomic mass is 9.66. The fourth-order valence-electron chi connectivity index (χ4n) is 4.73. The normalized spacial score (nSPS) is 16.7. The molecule has 1 aromatic heterocycles. The number of benzene rings is 2. The van der Waals surface area contributed by atoms with Crippen molar-refractivity contribution in [1.29, 1.82) is 0 Å². The quantitative estimate of drug-likeness (QED) is 0.411. The molecule has 0 bridgehead atoms. The molecule has 1 nitrogen and oxygen atoms in total. The molecule has 0 saturated heterocycles. The van der Waals surface area contributed by atoms with Crippen LogP contribution in [0.4, 0.5) is 16.4 Å². The Bertz CT molecular complexity index is 1070. The summed E-state index contributed by atoms with van der Waals surface area (Å²) in [7, 11) is 0. The zero-order chi connectivity index (χ0) is 21.7. The smallest absolute Gasteiger partial charge is 0.103 e. The molecule has 2 aromatic carbocycles. The monoisotopic (exact) mass is 415 g/mol. The fraction of sp³-hybridized carbons (Fsp3) is 0.357.